The van der Waals surface area contributed by atoms with Gasteiger partial charge in [-0.25, -0.2) is 0 Å². The van der Waals surface area contributed by atoms with Crippen LogP contribution >= 0.6 is 0 Å². The lowest BCUT2D eigenvalue weighted by Gasteiger charge is -1.98. The van der Waals surface area contributed by atoms with Crippen LogP contribution in [-0.2, 0) is 0 Å². The molecular formula is C10H12N2O. The lowest BCUT2D eigenvalue weighted by molar-refractivity contribution is 0.504. The Hall–Kier alpha value is -1.69. The van der Waals surface area contributed by atoms with E-state index in [1.807, 2.05) is 26.0 Å². The van der Waals surface area contributed by atoms with Crippen molar-refractivity contribution in [2.24, 2.45) is 5.73 Å². The SMILES string of the molecule is C/C(C#N)=C(/N)c1cc(C)oc1C. The summed E-state index contributed by atoms with van der Waals surface area (Å²) in [5.41, 5.74) is 7.59. The van der Waals surface area contributed by atoms with Crippen LogP contribution in [0.25, 0.3) is 5.70 Å². The third kappa shape index (κ3) is 1.73. The van der Waals surface area contributed by atoms with E-state index in [1.54, 1.807) is 6.92 Å². The minimum Gasteiger partial charge on any atom is -0.466 e. The first kappa shape index (κ1) is 9.40. The highest BCUT2D eigenvalue weighted by molar-refractivity contribution is 5.69. The molecule has 0 bridgehead atoms. The fourth-order valence-electron chi connectivity index (χ4n) is 1.16. The molecule has 0 fully saturated rings. The van der Waals surface area contributed by atoms with Crippen LogP contribution in [0.2, 0.25) is 0 Å². The summed E-state index contributed by atoms with van der Waals surface area (Å²) in [6.45, 7) is 5.38. The average molecular weight is 176 g/mol. The van der Waals surface area contributed by atoms with Crippen LogP contribution in [0.3, 0.4) is 0 Å². The molecule has 1 heterocycles. The number of nitriles is 1. The molecule has 0 aliphatic rings. The van der Waals surface area contributed by atoms with E-state index in [-0.39, 0.29) is 0 Å². The van der Waals surface area contributed by atoms with Crippen LogP contribution in [-0.4, -0.2) is 0 Å². The number of rotatable bonds is 1. The molecule has 2 N–H and O–H groups in total. The van der Waals surface area contributed by atoms with Crippen molar-refractivity contribution in [3.05, 3.63) is 28.7 Å². The average Bonchev–Trinajstić information content (AvgIpc) is 2.42. The van der Waals surface area contributed by atoms with Gasteiger partial charge in [0.2, 0.25) is 0 Å². The molecule has 0 spiro atoms. The quantitative estimate of drug-likeness (QED) is 0.666. The topological polar surface area (TPSA) is 63.0 Å². The lowest BCUT2D eigenvalue weighted by Crippen LogP contribution is -1.99. The molecule has 3 nitrogen and oxygen atoms in total. The zero-order chi connectivity index (χ0) is 10.0. The van der Waals surface area contributed by atoms with Crippen molar-refractivity contribution in [3.63, 3.8) is 0 Å². The first-order valence-electron chi connectivity index (χ1n) is 4.00. The zero-order valence-electron chi connectivity index (χ0n) is 8.01. The number of allylic oxidation sites excluding steroid dienone is 1. The van der Waals surface area contributed by atoms with Gasteiger partial charge in [-0.05, 0) is 26.8 Å². The summed E-state index contributed by atoms with van der Waals surface area (Å²) < 4.78 is 5.31. The van der Waals surface area contributed by atoms with Gasteiger partial charge in [-0.15, -0.1) is 0 Å². The molecule has 0 radical (unpaired) electrons. The summed E-state index contributed by atoms with van der Waals surface area (Å²) in [7, 11) is 0. The largest absolute Gasteiger partial charge is 0.466 e. The number of aryl methyl sites for hydroxylation is 2. The van der Waals surface area contributed by atoms with Gasteiger partial charge in [0.1, 0.15) is 11.5 Å². The van der Waals surface area contributed by atoms with Crippen LogP contribution in [0.5, 0.6) is 0 Å². The summed E-state index contributed by atoms with van der Waals surface area (Å²) in [6.07, 6.45) is 0. The highest BCUT2D eigenvalue weighted by atomic mass is 16.3. The monoisotopic (exact) mass is 176 g/mol. The standard InChI is InChI=1S/C10H12N2O/c1-6(5-11)10(12)9-4-7(2)13-8(9)3/h4H,12H2,1-3H3/b10-6-. The Bertz CT molecular complexity index is 394. The van der Waals surface area contributed by atoms with Crippen LogP contribution < -0.4 is 5.73 Å². The second-order valence-corrected chi connectivity index (χ2v) is 2.98. The molecule has 0 atom stereocenters. The van der Waals surface area contributed by atoms with Gasteiger partial charge in [0.25, 0.3) is 0 Å². The van der Waals surface area contributed by atoms with Crippen molar-refractivity contribution in [1.29, 1.82) is 5.26 Å². The maximum Gasteiger partial charge on any atom is 0.110 e. The molecule has 13 heavy (non-hydrogen) atoms. The highest BCUT2D eigenvalue weighted by Crippen LogP contribution is 2.20. The van der Waals surface area contributed by atoms with Crippen LogP contribution in [0.4, 0.5) is 0 Å². The van der Waals surface area contributed by atoms with Crippen molar-refractivity contribution in [1.82, 2.24) is 0 Å². The third-order valence-corrected chi connectivity index (χ3v) is 1.90. The second-order valence-electron chi connectivity index (χ2n) is 2.98. The van der Waals surface area contributed by atoms with Crippen molar-refractivity contribution in [3.8, 4) is 6.07 Å². The molecule has 0 unspecified atom stereocenters. The number of furan rings is 1. The highest BCUT2D eigenvalue weighted by Gasteiger charge is 2.08. The van der Waals surface area contributed by atoms with Gasteiger partial charge in [0.05, 0.1) is 17.3 Å². The Kier molecular flexibility index (Phi) is 2.43. The van der Waals surface area contributed by atoms with Gasteiger partial charge in [0.15, 0.2) is 0 Å². The number of nitrogens with zero attached hydrogens (tertiary/aromatic N) is 1. The van der Waals surface area contributed by atoms with Gasteiger partial charge in [-0.2, -0.15) is 5.26 Å². The van der Waals surface area contributed by atoms with E-state index in [9.17, 15) is 0 Å². The molecule has 1 aromatic heterocycles. The lowest BCUT2D eigenvalue weighted by atomic mass is 10.1. The van der Waals surface area contributed by atoms with Gasteiger partial charge < -0.3 is 10.2 Å². The first-order chi connectivity index (χ1) is 6.06. The molecule has 0 aromatic carbocycles. The van der Waals surface area contributed by atoms with Crippen LogP contribution in [0, 0.1) is 25.2 Å². The predicted molar refractivity (Wildman–Crippen MR) is 50.6 cm³/mol. The number of nitrogens with two attached hydrogens (primary N) is 1. The molecule has 0 saturated carbocycles. The summed E-state index contributed by atoms with van der Waals surface area (Å²) >= 11 is 0. The summed E-state index contributed by atoms with van der Waals surface area (Å²) in [4.78, 5) is 0. The van der Waals surface area contributed by atoms with Crippen LogP contribution in [0.1, 0.15) is 24.0 Å². The Labute approximate surface area is 77.5 Å². The van der Waals surface area contributed by atoms with E-state index in [0.29, 0.717) is 11.3 Å². The Balaban J connectivity index is 3.25. The van der Waals surface area contributed by atoms with Crippen molar-refractivity contribution < 1.29 is 4.42 Å². The molecular weight excluding hydrogens is 164 g/mol. The molecule has 0 aliphatic carbocycles. The van der Waals surface area contributed by atoms with Gasteiger partial charge in [-0.3, -0.25) is 0 Å². The maximum atomic E-state index is 8.65. The minimum atomic E-state index is 0.497. The molecule has 0 amide bonds. The smallest absolute Gasteiger partial charge is 0.110 e. The normalized spacial score (nSPS) is 12.2. The van der Waals surface area contributed by atoms with Crippen molar-refractivity contribution in [2.75, 3.05) is 0 Å². The Morgan fingerprint density at radius 2 is 2.15 bits per heavy atom. The van der Waals surface area contributed by atoms with E-state index in [1.165, 1.54) is 0 Å². The van der Waals surface area contributed by atoms with Crippen molar-refractivity contribution >= 4 is 5.70 Å². The van der Waals surface area contributed by atoms with E-state index >= 15 is 0 Å². The van der Waals surface area contributed by atoms with E-state index < -0.39 is 0 Å². The van der Waals surface area contributed by atoms with Gasteiger partial charge >= 0.3 is 0 Å². The fourth-order valence-corrected chi connectivity index (χ4v) is 1.16. The molecule has 0 aliphatic heterocycles. The van der Waals surface area contributed by atoms with Crippen molar-refractivity contribution in [2.45, 2.75) is 20.8 Å². The molecule has 3 heteroatoms. The van der Waals surface area contributed by atoms with E-state index in [4.69, 9.17) is 15.4 Å². The maximum absolute atomic E-state index is 8.65. The molecule has 1 rings (SSSR count). The first-order valence-corrected chi connectivity index (χ1v) is 4.00. The van der Waals surface area contributed by atoms with E-state index in [0.717, 1.165) is 17.1 Å². The Morgan fingerprint density at radius 1 is 1.54 bits per heavy atom. The number of hydrogen-bond acceptors (Lipinski definition) is 3. The fraction of sp³-hybridized carbons (Fsp3) is 0.300. The summed E-state index contributed by atoms with van der Waals surface area (Å²) in [5.74, 6) is 1.56. The minimum absolute atomic E-state index is 0.497. The van der Waals surface area contributed by atoms with Gasteiger partial charge in [-0.1, -0.05) is 0 Å². The molecule has 0 saturated heterocycles. The number of hydrogen-bond donors (Lipinski definition) is 1. The Morgan fingerprint density at radius 3 is 2.54 bits per heavy atom. The van der Waals surface area contributed by atoms with Gasteiger partial charge in [0, 0.05) is 5.56 Å². The van der Waals surface area contributed by atoms with Crippen LogP contribution in [0.15, 0.2) is 16.1 Å². The molecule has 1 aromatic rings. The third-order valence-electron chi connectivity index (χ3n) is 1.90. The summed E-state index contributed by atoms with van der Waals surface area (Å²) in [6, 6.07) is 3.85. The second kappa shape index (κ2) is 3.36. The summed E-state index contributed by atoms with van der Waals surface area (Å²) in [5, 5.41) is 8.65. The zero-order valence-corrected chi connectivity index (χ0v) is 8.01. The van der Waals surface area contributed by atoms with E-state index in [2.05, 4.69) is 0 Å². The molecule has 68 valence electrons. The predicted octanol–water partition coefficient (Wildman–Crippen LogP) is 2.11.